The standard InChI is InChI=1S/C84H56N2S2/c1-7-27-57(28-8-1)61-51-62(58-29-9-2-10-30-58)53-66(52-61)88(64-35-15-5-16-36-64,65-37-17-6-18-38-65)67-55-74(59-31-11-3-12-32-59)84(75(56-67)60-33-13-4-14-34-60)86-78-46-23-20-40-69(78)76-54-63(49-50-79(76)86)85-77-45-22-19-39-68(77)71-43-25-44-72(83(71)85)70-42-26-48-81-82(70)73-41-21-24-47-80(73)87-81/h1-13,15-22,24-33,35-45,47-56H,23,46H2. The fraction of sp³-hybridized carbons (Fsp3) is 0.0238. The van der Waals surface area contributed by atoms with Gasteiger partial charge in [0.05, 0.1) is 22.2 Å². The van der Waals surface area contributed by atoms with Crippen molar-refractivity contribution in [2.24, 2.45) is 0 Å². The lowest BCUT2D eigenvalue weighted by atomic mass is 9.95. The Labute approximate surface area is 518 Å². The van der Waals surface area contributed by atoms with E-state index in [1.165, 1.54) is 112 Å². The van der Waals surface area contributed by atoms with Crippen LogP contribution in [0.5, 0.6) is 0 Å². The van der Waals surface area contributed by atoms with Gasteiger partial charge in [-0.05, 0) is 149 Å². The Morgan fingerprint density at radius 3 is 1.66 bits per heavy atom. The van der Waals surface area contributed by atoms with Gasteiger partial charge in [-0.15, -0.1) is 21.4 Å². The zero-order chi connectivity index (χ0) is 58.1. The molecule has 0 unspecified atom stereocenters. The average Bonchev–Trinajstić information content (AvgIpc) is 1.87. The Hall–Kier alpha value is -10.7. The van der Waals surface area contributed by atoms with Crippen molar-refractivity contribution in [3.8, 4) is 67.0 Å². The molecule has 3 heterocycles. The highest BCUT2D eigenvalue weighted by Crippen LogP contribution is 2.75. The summed E-state index contributed by atoms with van der Waals surface area (Å²) in [7, 11) is -2.34. The SMILES string of the molecule is c1cccc(-c2cc(S(c3ccccc3)(c3ccccc3)c3cc(-c4ccccc4)cc(-c4ccccc4)c3)cc(-c3ccccc3)c2-n2c3c(c4cc(-n5c6ccccc6c6cccc(-c7cccc8sc9ccccc9c78)c65)ccc42)C=CCC3)c#1. The Balaban J connectivity index is 0.965. The van der Waals surface area contributed by atoms with Crippen molar-refractivity contribution in [3.05, 3.63) is 333 Å². The second-order valence-corrected chi connectivity index (χ2v) is 27.0. The van der Waals surface area contributed by atoms with Crippen LogP contribution in [0.3, 0.4) is 0 Å². The first-order valence-corrected chi connectivity index (χ1v) is 32.7. The number of para-hydroxylation sites is 2. The summed E-state index contributed by atoms with van der Waals surface area (Å²) in [6.45, 7) is 0. The third-order valence-electron chi connectivity index (χ3n) is 17.9. The second-order valence-electron chi connectivity index (χ2n) is 22.8. The summed E-state index contributed by atoms with van der Waals surface area (Å²) in [5, 5.41) is 6.31. The van der Waals surface area contributed by atoms with Crippen LogP contribution in [0, 0.1) is 12.1 Å². The van der Waals surface area contributed by atoms with Gasteiger partial charge in [0, 0.05) is 95.1 Å². The summed E-state index contributed by atoms with van der Waals surface area (Å²) in [5.41, 5.74) is 19.9. The molecular weight excluding hydrogens is 1100 g/mol. The first-order valence-electron chi connectivity index (χ1n) is 30.3. The van der Waals surface area contributed by atoms with Crippen LogP contribution in [0.1, 0.15) is 17.7 Å². The molecule has 414 valence electrons. The molecule has 4 heteroatoms. The van der Waals surface area contributed by atoms with E-state index in [1.54, 1.807) is 0 Å². The van der Waals surface area contributed by atoms with E-state index in [1.807, 2.05) is 17.4 Å². The molecule has 0 radical (unpaired) electrons. The van der Waals surface area contributed by atoms with Crippen molar-refractivity contribution >= 4 is 80.3 Å². The number of nitrogens with zero attached hydrogens (tertiary/aromatic N) is 2. The number of fused-ring (bicyclic) bond motifs is 9. The molecule has 0 atom stereocenters. The number of allylic oxidation sites excluding steroid dienone is 1. The van der Waals surface area contributed by atoms with Crippen LogP contribution in [-0.4, -0.2) is 9.13 Å². The van der Waals surface area contributed by atoms with Crippen molar-refractivity contribution in [1.29, 1.82) is 0 Å². The van der Waals surface area contributed by atoms with Crippen LogP contribution in [0.4, 0.5) is 0 Å². The van der Waals surface area contributed by atoms with Crippen molar-refractivity contribution < 1.29 is 0 Å². The molecule has 1 aliphatic carbocycles. The van der Waals surface area contributed by atoms with E-state index in [0.29, 0.717) is 0 Å². The molecule has 1 aliphatic rings. The molecule has 13 aromatic carbocycles. The Kier molecular flexibility index (Phi) is 12.6. The van der Waals surface area contributed by atoms with Crippen molar-refractivity contribution in [2.45, 2.75) is 32.4 Å². The Morgan fingerprint density at radius 2 is 0.955 bits per heavy atom. The highest BCUT2D eigenvalue weighted by Gasteiger charge is 2.37. The minimum Gasteiger partial charge on any atom is -0.312 e. The molecule has 17 rings (SSSR count). The lowest BCUT2D eigenvalue weighted by Crippen LogP contribution is -2.10. The Bertz CT molecular complexity index is 5190. The van der Waals surface area contributed by atoms with Gasteiger partial charge in [0.2, 0.25) is 0 Å². The largest absolute Gasteiger partial charge is 0.312 e. The topological polar surface area (TPSA) is 9.86 Å². The molecular formula is C84H56N2S2. The van der Waals surface area contributed by atoms with Crippen molar-refractivity contribution in [3.63, 3.8) is 0 Å². The van der Waals surface area contributed by atoms with E-state index in [2.05, 4.69) is 331 Å². The number of rotatable bonds is 11. The van der Waals surface area contributed by atoms with Gasteiger partial charge >= 0.3 is 0 Å². The number of hydrogen-bond donors (Lipinski definition) is 0. The smallest absolute Gasteiger partial charge is 0.0623 e. The van der Waals surface area contributed by atoms with Crippen molar-refractivity contribution in [1.82, 2.24) is 9.13 Å². The summed E-state index contributed by atoms with van der Waals surface area (Å²) in [6, 6.07) is 120. The second kappa shape index (κ2) is 21.4. The summed E-state index contributed by atoms with van der Waals surface area (Å²) in [5.74, 6) is 0. The van der Waals surface area contributed by atoms with Gasteiger partial charge in [-0.2, -0.15) is 0 Å². The van der Waals surface area contributed by atoms with Crippen LogP contribution in [0.25, 0.3) is 126 Å². The van der Waals surface area contributed by atoms with E-state index < -0.39 is 10.0 Å². The molecule has 0 amide bonds. The fourth-order valence-corrected chi connectivity index (χ4v) is 19.2. The highest BCUT2D eigenvalue weighted by molar-refractivity contribution is 8.34. The maximum Gasteiger partial charge on any atom is 0.0623 e. The van der Waals surface area contributed by atoms with Crippen molar-refractivity contribution in [2.75, 3.05) is 0 Å². The molecule has 0 N–H and O–H groups in total. The highest BCUT2D eigenvalue weighted by atomic mass is 32.3. The van der Waals surface area contributed by atoms with Gasteiger partial charge in [-0.1, -0.05) is 224 Å². The van der Waals surface area contributed by atoms with E-state index in [0.717, 1.165) is 52.0 Å². The predicted molar refractivity (Wildman–Crippen MR) is 373 cm³/mol. The Morgan fingerprint density at radius 1 is 0.375 bits per heavy atom. The van der Waals surface area contributed by atoms with Gasteiger partial charge in [-0.3, -0.25) is 0 Å². The fourth-order valence-electron chi connectivity index (χ4n) is 14.1. The number of hydrogen-bond acceptors (Lipinski definition) is 1. The molecule has 88 heavy (non-hydrogen) atoms. The minimum atomic E-state index is -2.34. The van der Waals surface area contributed by atoms with E-state index in [-0.39, 0.29) is 0 Å². The van der Waals surface area contributed by atoms with E-state index in [9.17, 15) is 0 Å². The van der Waals surface area contributed by atoms with Gasteiger partial charge in [0.1, 0.15) is 0 Å². The summed E-state index contributed by atoms with van der Waals surface area (Å²) >= 11 is 1.87. The monoisotopic (exact) mass is 1160 g/mol. The molecule has 0 aliphatic heterocycles. The number of aromatic nitrogens is 2. The first kappa shape index (κ1) is 51.7. The van der Waals surface area contributed by atoms with Gasteiger partial charge in [0.25, 0.3) is 0 Å². The average molecular weight is 1160 g/mol. The summed E-state index contributed by atoms with van der Waals surface area (Å²) in [6.07, 6.45) is 6.58. The number of benzene rings is 12. The van der Waals surface area contributed by atoms with E-state index >= 15 is 0 Å². The zero-order valence-electron chi connectivity index (χ0n) is 48.1. The van der Waals surface area contributed by atoms with Crippen LogP contribution >= 0.6 is 21.4 Å². The molecule has 3 aromatic heterocycles. The maximum atomic E-state index is 3.71. The van der Waals surface area contributed by atoms with Crippen LogP contribution in [0.15, 0.2) is 329 Å². The summed E-state index contributed by atoms with van der Waals surface area (Å²) < 4.78 is 7.78. The van der Waals surface area contributed by atoms with Gasteiger partial charge in [-0.25, -0.2) is 0 Å². The maximum absolute atomic E-state index is 3.71. The van der Waals surface area contributed by atoms with Crippen LogP contribution < -0.4 is 0 Å². The first-order chi connectivity index (χ1) is 43.7. The molecule has 0 saturated heterocycles. The summed E-state index contributed by atoms with van der Waals surface area (Å²) in [4.78, 5) is 4.98. The van der Waals surface area contributed by atoms with Crippen LogP contribution in [-0.2, 0) is 6.42 Å². The lowest BCUT2D eigenvalue weighted by molar-refractivity contribution is 0.889. The normalized spacial score (nSPS) is 12.5. The molecule has 2 nitrogen and oxygen atoms in total. The molecule has 0 spiro atoms. The predicted octanol–water partition coefficient (Wildman–Crippen LogP) is 23.3. The van der Waals surface area contributed by atoms with Gasteiger partial charge < -0.3 is 9.13 Å². The molecule has 0 fully saturated rings. The molecule has 16 aromatic rings. The minimum absolute atomic E-state index is 0.881. The lowest BCUT2D eigenvalue weighted by Gasteiger charge is -2.43. The molecule has 0 saturated carbocycles. The van der Waals surface area contributed by atoms with Crippen LogP contribution in [0.2, 0.25) is 0 Å². The third-order valence-corrected chi connectivity index (χ3v) is 22.9. The third kappa shape index (κ3) is 8.34. The van der Waals surface area contributed by atoms with E-state index in [4.69, 9.17) is 0 Å². The molecule has 0 bridgehead atoms. The van der Waals surface area contributed by atoms with Gasteiger partial charge in [0.15, 0.2) is 0 Å². The zero-order valence-corrected chi connectivity index (χ0v) is 49.8. The quantitative estimate of drug-likeness (QED) is 0.122. The number of thiophene rings is 1.